The SMILES string of the molecule is COc1cc(NCc2ccc(S(=O)(=O)Nc3c(C)nn(C)c3C)cc2)cc(OC)c1OC. The minimum Gasteiger partial charge on any atom is -0.493 e. The quantitative estimate of drug-likeness (QED) is 0.504. The van der Waals surface area contributed by atoms with Crippen molar-refractivity contribution in [2.75, 3.05) is 31.4 Å². The van der Waals surface area contributed by atoms with Crippen molar-refractivity contribution in [2.45, 2.75) is 25.3 Å². The number of rotatable bonds is 9. The minimum atomic E-state index is -3.73. The fourth-order valence-electron chi connectivity index (χ4n) is 3.29. The second-order valence-electron chi connectivity index (χ2n) is 7.19. The molecule has 0 aliphatic carbocycles. The first kappa shape index (κ1) is 23.3. The van der Waals surface area contributed by atoms with E-state index in [1.807, 2.05) is 19.1 Å². The highest BCUT2D eigenvalue weighted by molar-refractivity contribution is 7.92. The van der Waals surface area contributed by atoms with Gasteiger partial charge in [-0.1, -0.05) is 12.1 Å². The van der Waals surface area contributed by atoms with Gasteiger partial charge in [0.05, 0.1) is 43.3 Å². The van der Waals surface area contributed by atoms with Gasteiger partial charge in [-0.3, -0.25) is 9.40 Å². The lowest BCUT2D eigenvalue weighted by Gasteiger charge is -2.15. The zero-order valence-corrected chi connectivity index (χ0v) is 19.8. The highest BCUT2D eigenvalue weighted by Gasteiger charge is 2.19. The molecule has 2 aromatic carbocycles. The van der Waals surface area contributed by atoms with Crippen molar-refractivity contribution in [1.29, 1.82) is 0 Å². The molecule has 9 nitrogen and oxygen atoms in total. The first-order chi connectivity index (χ1) is 15.2. The Hall–Kier alpha value is -3.40. The highest BCUT2D eigenvalue weighted by Crippen LogP contribution is 2.40. The van der Waals surface area contributed by atoms with Crippen LogP contribution in [-0.2, 0) is 23.6 Å². The summed E-state index contributed by atoms with van der Waals surface area (Å²) in [6.45, 7) is 4.06. The molecule has 0 saturated carbocycles. The maximum absolute atomic E-state index is 12.8. The summed E-state index contributed by atoms with van der Waals surface area (Å²) in [5, 5.41) is 7.53. The fraction of sp³-hybridized carbons (Fsp3) is 0.318. The first-order valence-corrected chi connectivity index (χ1v) is 11.3. The molecule has 0 aliphatic heterocycles. The normalized spacial score (nSPS) is 11.2. The van der Waals surface area contributed by atoms with Gasteiger partial charge in [0.2, 0.25) is 5.75 Å². The van der Waals surface area contributed by atoms with E-state index in [-0.39, 0.29) is 4.90 Å². The molecular formula is C22H28N4O5S. The maximum Gasteiger partial charge on any atom is 0.262 e. The Bertz CT molecular complexity index is 1180. The Morgan fingerprint density at radius 1 is 0.969 bits per heavy atom. The number of aromatic nitrogens is 2. The average Bonchev–Trinajstić information content (AvgIpc) is 3.02. The molecule has 2 N–H and O–H groups in total. The molecule has 10 heteroatoms. The van der Waals surface area contributed by atoms with E-state index in [2.05, 4.69) is 15.1 Å². The van der Waals surface area contributed by atoms with Gasteiger partial charge >= 0.3 is 0 Å². The number of nitrogens with one attached hydrogen (secondary N) is 2. The third kappa shape index (κ3) is 4.75. The van der Waals surface area contributed by atoms with E-state index in [1.165, 1.54) is 0 Å². The number of nitrogens with zero attached hydrogens (tertiary/aromatic N) is 2. The first-order valence-electron chi connectivity index (χ1n) is 9.86. The topological polar surface area (TPSA) is 104 Å². The molecule has 0 atom stereocenters. The number of anilines is 2. The lowest BCUT2D eigenvalue weighted by molar-refractivity contribution is 0.324. The number of hydrogen-bond donors (Lipinski definition) is 2. The third-order valence-corrected chi connectivity index (χ3v) is 6.51. The number of hydrogen-bond acceptors (Lipinski definition) is 7. The zero-order valence-electron chi connectivity index (χ0n) is 19.0. The van der Waals surface area contributed by atoms with Crippen LogP contribution in [0.1, 0.15) is 17.0 Å². The molecule has 0 aliphatic rings. The van der Waals surface area contributed by atoms with Crippen LogP contribution in [0.5, 0.6) is 17.2 Å². The predicted molar refractivity (Wildman–Crippen MR) is 123 cm³/mol. The molecule has 3 rings (SSSR count). The summed E-state index contributed by atoms with van der Waals surface area (Å²) in [4.78, 5) is 0.177. The van der Waals surface area contributed by atoms with Gasteiger partial charge in [-0.15, -0.1) is 0 Å². The maximum atomic E-state index is 12.8. The standard InChI is InChI=1S/C22H28N4O5S/c1-14-21(15(2)26(3)24-14)25-32(27,28)18-9-7-16(8-10-18)13-23-17-11-19(29-4)22(31-6)20(12-17)30-5/h7-12,23,25H,13H2,1-6H3. The van der Waals surface area contributed by atoms with Crippen molar-refractivity contribution in [1.82, 2.24) is 9.78 Å². The average molecular weight is 461 g/mol. The van der Waals surface area contributed by atoms with Crippen LogP contribution in [-0.4, -0.2) is 39.5 Å². The van der Waals surface area contributed by atoms with E-state index in [9.17, 15) is 8.42 Å². The summed E-state index contributed by atoms with van der Waals surface area (Å²) >= 11 is 0. The van der Waals surface area contributed by atoms with Crippen molar-refractivity contribution >= 4 is 21.4 Å². The summed E-state index contributed by atoms with van der Waals surface area (Å²) in [5.74, 6) is 1.60. The van der Waals surface area contributed by atoms with E-state index in [4.69, 9.17) is 14.2 Å². The summed E-state index contributed by atoms with van der Waals surface area (Å²) in [6, 6.07) is 10.3. The predicted octanol–water partition coefficient (Wildman–Crippen LogP) is 3.48. The smallest absolute Gasteiger partial charge is 0.262 e. The molecule has 0 unspecified atom stereocenters. The molecule has 32 heavy (non-hydrogen) atoms. The Labute approximate surface area is 188 Å². The van der Waals surface area contributed by atoms with Crippen LogP contribution in [0, 0.1) is 13.8 Å². The van der Waals surface area contributed by atoms with Gasteiger partial charge in [0.1, 0.15) is 0 Å². The van der Waals surface area contributed by atoms with Crippen molar-refractivity contribution in [3.63, 3.8) is 0 Å². The van der Waals surface area contributed by atoms with Gasteiger partial charge < -0.3 is 19.5 Å². The van der Waals surface area contributed by atoms with Gasteiger partial charge in [-0.2, -0.15) is 5.10 Å². The molecule has 0 radical (unpaired) electrons. The molecular weight excluding hydrogens is 432 g/mol. The Morgan fingerprint density at radius 3 is 2.03 bits per heavy atom. The lowest BCUT2D eigenvalue weighted by Crippen LogP contribution is -2.14. The Balaban J connectivity index is 1.74. The largest absolute Gasteiger partial charge is 0.493 e. The van der Waals surface area contributed by atoms with E-state index in [0.717, 1.165) is 16.9 Å². The lowest BCUT2D eigenvalue weighted by atomic mass is 10.2. The van der Waals surface area contributed by atoms with Crippen LogP contribution in [0.4, 0.5) is 11.4 Å². The minimum absolute atomic E-state index is 0.177. The van der Waals surface area contributed by atoms with Gasteiger partial charge in [0.15, 0.2) is 11.5 Å². The van der Waals surface area contributed by atoms with Crippen LogP contribution in [0.25, 0.3) is 0 Å². The van der Waals surface area contributed by atoms with E-state index < -0.39 is 10.0 Å². The summed E-state index contributed by atoms with van der Waals surface area (Å²) in [5.41, 5.74) is 3.56. The molecule has 0 amide bonds. The van der Waals surface area contributed by atoms with Crippen molar-refractivity contribution < 1.29 is 22.6 Å². The molecule has 3 aromatic rings. The Morgan fingerprint density at radius 2 is 1.56 bits per heavy atom. The molecule has 0 saturated heterocycles. The highest BCUT2D eigenvalue weighted by atomic mass is 32.2. The monoisotopic (exact) mass is 460 g/mol. The van der Waals surface area contributed by atoms with Crippen molar-refractivity contribution in [3.05, 3.63) is 53.3 Å². The third-order valence-electron chi connectivity index (χ3n) is 5.14. The van der Waals surface area contributed by atoms with Crippen molar-refractivity contribution in [3.8, 4) is 17.2 Å². The summed E-state index contributed by atoms with van der Waals surface area (Å²) in [7, 11) is 2.72. The van der Waals surface area contributed by atoms with Crippen LogP contribution in [0.2, 0.25) is 0 Å². The van der Waals surface area contributed by atoms with Gasteiger partial charge in [-0.25, -0.2) is 8.42 Å². The Kier molecular flexibility index (Phi) is 6.83. The molecule has 0 bridgehead atoms. The number of aryl methyl sites for hydroxylation is 2. The zero-order chi connectivity index (χ0) is 23.5. The van der Waals surface area contributed by atoms with Crippen LogP contribution in [0.3, 0.4) is 0 Å². The van der Waals surface area contributed by atoms with Crippen LogP contribution >= 0.6 is 0 Å². The number of sulfonamides is 1. The second kappa shape index (κ2) is 9.39. The van der Waals surface area contributed by atoms with E-state index >= 15 is 0 Å². The number of benzene rings is 2. The molecule has 172 valence electrons. The fourth-order valence-corrected chi connectivity index (χ4v) is 4.46. The second-order valence-corrected chi connectivity index (χ2v) is 8.87. The van der Waals surface area contributed by atoms with E-state index in [0.29, 0.717) is 35.2 Å². The summed E-state index contributed by atoms with van der Waals surface area (Å²) in [6.07, 6.45) is 0. The number of methoxy groups -OCH3 is 3. The van der Waals surface area contributed by atoms with Gasteiger partial charge in [-0.05, 0) is 31.5 Å². The summed E-state index contributed by atoms with van der Waals surface area (Å²) < 4.78 is 46.0. The molecule has 1 aromatic heterocycles. The molecule has 0 spiro atoms. The van der Waals surface area contributed by atoms with Gasteiger partial charge in [0.25, 0.3) is 10.0 Å². The van der Waals surface area contributed by atoms with Crippen LogP contribution < -0.4 is 24.2 Å². The number of ether oxygens (including phenoxy) is 3. The van der Waals surface area contributed by atoms with Crippen LogP contribution in [0.15, 0.2) is 41.3 Å². The van der Waals surface area contributed by atoms with E-state index in [1.54, 1.807) is 64.2 Å². The van der Waals surface area contributed by atoms with Crippen molar-refractivity contribution in [2.24, 2.45) is 7.05 Å². The molecule has 0 fully saturated rings. The molecule has 1 heterocycles. The van der Waals surface area contributed by atoms with Gasteiger partial charge in [0, 0.05) is 31.4 Å².